The van der Waals surface area contributed by atoms with Crippen LogP contribution in [0.4, 0.5) is 0 Å². The van der Waals surface area contributed by atoms with Gasteiger partial charge >= 0.3 is 0 Å². The minimum Gasteiger partial charge on any atom is -0.507 e. The van der Waals surface area contributed by atoms with E-state index in [1.807, 2.05) is 41.8 Å². The lowest BCUT2D eigenvalue weighted by Gasteiger charge is -2.00. The van der Waals surface area contributed by atoms with Crippen LogP contribution in [0.25, 0.3) is 21.8 Å². The van der Waals surface area contributed by atoms with Crippen molar-refractivity contribution in [3.8, 4) is 27.6 Å². The second-order valence-electron chi connectivity index (χ2n) is 4.03. The van der Waals surface area contributed by atoms with Gasteiger partial charge in [0, 0.05) is 16.0 Å². The Morgan fingerprint density at radius 3 is 2.37 bits per heavy atom. The third-order valence-electron chi connectivity index (χ3n) is 2.79. The van der Waals surface area contributed by atoms with Crippen LogP contribution in [0.5, 0.6) is 5.75 Å². The predicted octanol–water partition coefficient (Wildman–Crippen LogP) is 4.84. The molecule has 4 heteroatoms. The molecule has 0 fully saturated rings. The van der Waals surface area contributed by atoms with Crippen molar-refractivity contribution in [1.29, 1.82) is 0 Å². The smallest absolute Gasteiger partial charge is 0.127 e. The minimum absolute atomic E-state index is 0.238. The Morgan fingerprint density at radius 2 is 1.63 bits per heavy atom. The van der Waals surface area contributed by atoms with Crippen LogP contribution in [0.3, 0.4) is 0 Å². The van der Waals surface area contributed by atoms with E-state index in [4.69, 9.17) is 11.6 Å². The van der Waals surface area contributed by atoms with E-state index < -0.39 is 0 Å². The fourth-order valence-electron chi connectivity index (χ4n) is 1.84. The zero-order valence-electron chi connectivity index (χ0n) is 9.88. The molecule has 0 bridgehead atoms. The van der Waals surface area contributed by atoms with Gasteiger partial charge in [0.25, 0.3) is 0 Å². The summed E-state index contributed by atoms with van der Waals surface area (Å²) in [6.07, 6.45) is 0. The Labute approximate surface area is 120 Å². The van der Waals surface area contributed by atoms with Crippen LogP contribution in [0, 0.1) is 0 Å². The van der Waals surface area contributed by atoms with E-state index in [1.54, 1.807) is 12.1 Å². The average Bonchev–Trinajstić information content (AvgIpc) is 2.89. The number of para-hydroxylation sites is 1. The summed E-state index contributed by atoms with van der Waals surface area (Å²) in [7, 11) is 0. The maximum absolute atomic E-state index is 9.84. The molecule has 0 aliphatic rings. The molecule has 1 heterocycles. The molecule has 0 unspecified atom stereocenters. The first kappa shape index (κ1) is 12.2. The highest BCUT2D eigenvalue weighted by atomic mass is 35.5. The number of phenols is 1. The molecule has 19 heavy (non-hydrogen) atoms. The van der Waals surface area contributed by atoms with Crippen LogP contribution < -0.4 is 0 Å². The molecule has 3 rings (SSSR count). The van der Waals surface area contributed by atoms with Gasteiger partial charge in [-0.15, -0.1) is 11.3 Å². The second kappa shape index (κ2) is 5.03. The number of halogens is 1. The van der Waals surface area contributed by atoms with E-state index in [0.29, 0.717) is 5.02 Å². The first-order chi connectivity index (χ1) is 9.25. The normalized spacial score (nSPS) is 10.6. The van der Waals surface area contributed by atoms with Gasteiger partial charge in [-0.1, -0.05) is 41.9 Å². The fraction of sp³-hybridized carbons (Fsp3) is 0. The number of aromatic hydroxyl groups is 1. The number of hydrogen-bond donors (Lipinski definition) is 1. The quantitative estimate of drug-likeness (QED) is 0.732. The summed E-state index contributed by atoms with van der Waals surface area (Å²) in [5.41, 5.74) is 2.47. The van der Waals surface area contributed by atoms with Gasteiger partial charge in [0.1, 0.15) is 10.8 Å². The number of benzene rings is 2. The zero-order valence-corrected chi connectivity index (χ0v) is 11.4. The van der Waals surface area contributed by atoms with Gasteiger partial charge in [0.2, 0.25) is 0 Å². The van der Waals surface area contributed by atoms with Crippen molar-refractivity contribution in [2.75, 3.05) is 0 Å². The van der Waals surface area contributed by atoms with Gasteiger partial charge < -0.3 is 5.11 Å². The van der Waals surface area contributed by atoms with Gasteiger partial charge in [-0.05, 0) is 18.2 Å². The van der Waals surface area contributed by atoms with Crippen LogP contribution in [0.15, 0.2) is 53.9 Å². The van der Waals surface area contributed by atoms with Crippen molar-refractivity contribution >= 4 is 22.9 Å². The van der Waals surface area contributed by atoms with Crippen molar-refractivity contribution < 1.29 is 5.11 Å². The fourth-order valence-corrected chi connectivity index (χ4v) is 2.93. The molecule has 2 aromatic carbocycles. The highest BCUT2D eigenvalue weighted by Gasteiger charge is 2.11. The number of thiazole rings is 1. The standard InChI is InChI=1S/C15H10ClNOS/c16-12-7-3-1-5-10(12)13-9-19-15(17-13)11-6-2-4-8-14(11)18/h1-9,18H. The summed E-state index contributed by atoms with van der Waals surface area (Å²) in [6.45, 7) is 0. The van der Waals surface area contributed by atoms with Gasteiger partial charge in [-0.3, -0.25) is 0 Å². The lowest BCUT2D eigenvalue weighted by Crippen LogP contribution is -1.81. The van der Waals surface area contributed by atoms with E-state index in [1.165, 1.54) is 11.3 Å². The molecule has 94 valence electrons. The van der Waals surface area contributed by atoms with Crippen molar-refractivity contribution in [1.82, 2.24) is 4.98 Å². The summed E-state index contributed by atoms with van der Waals surface area (Å²) in [5, 5.41) is 13.2. The molecule has 0 aliphatic carbocycles. The highest BCUT2D eigenvalue weighted by Crippen LogP contribution is 2.35. The number of phenolic OH excluding ortho intramolecular Hbond substituents is 1. The Kier molecular flexibility index (Phi) is 3.23. The van der Waals surface area contributed by atoms with Gasteiger partial charge in [-0.25, -0.2) is 4.98 Å². The summed E-state index contributed by atoms with van der Waals surface area (Å²) >= 11 is 7.65. The molecule has 0 aliphatic heterocycles. The van der Waals surface area contributed by atoms with E-state index in [2.05, 4.69) is 4.98 Å². The topological polar surface area (TPSA) is 33.1 Å². The molecule has 1 aromatic heterocycles. The number of rotatable bonds is 2. The molecular formula is C15H10ClNOS. The zero-order chi connectivity index (χ0) is 13.2. The molecule has 0 spiro atoms. The third-order valence-corrected chi connectivity index (χ3v) is 3.99. The van der Waals surface area contributed by atoms with Crippen LogP contribution in [0.1, 0.15) is 0 Å². The SMILES string of the molecule is Oc1ccccc1-c1nc(-c2ccccc2Cl)cs1. The molecule has 0 saturated heterocycles. The van der Waals surface area contributed by atoms with Gasteiger partial charge in [0.15, 0.2) is 0 Å². The Morgan fingerprint density at radius 1 is 0.947 bits per heavy atom. The van der Waals surface area contributed by atoms with Crippen molar-refractivity contribution in [3.05, 3.63) is 58.9 Å². The highest BCUT2D eigenvalue weighted by molar-refractivity contribution is 7.13. The summed E-state index contributed by atoms with van der Waals surface area (Å²) in [4.78, 5) is 4.55. The van der Waals surface area contributed by atoms with E-state index >= 15 is 0 Å². The molecule has 3 aromatic rings. The Hall–Kier alpha value is -1.84. The van der Waals surface area contributed by atoms with Crippen molar-refractivity contribution in [2.24, 2.45) is 0 Å². The van der Waals surface area contributed by atoms with Crippen LogP contribution >= 0.6 is 22.9 Å². The largest absolute Gasteiger partial charge is 0.507 e. The van der Waals surface area contributed by atoms with E-state index in [0.717, 1.165) is 21.8 Å². The number of nitrogens with zero attached hydrogens (tertiary/aromatic N) is 1. The van der Waals surface area contributed by atoms with Gasteiger partial charge in [0.05, 0.1) is 11.3 Å². The average molecular weight is 288 g/mol. The lowest BCUT2D eigenvalue weighted by atomic mass is 10.2. The summed E-state index contributed by atoms with van der Waals surface area (Å²) < 4.78 is 0. The molecule has 0 saturated carbocycles. The lowest BCUT2D eigenvalue weighted by molar-refractivity contribution is 0.477. The molecule has 0 atom stereocenters. The summed E-state index contributed by atoms with van der Waals surface area (Å²) in [6, 6.07) is 14.8. The number of hydrogen-bond acceptors (Lipinski definition) is 3. The Bertz CT molecular complexity index is 663. The van der Waals surface area contributed by atoms with E-state index in [9.17, 15) is 5.11 Å². The van der Waals surface area contributed by atoms with Gasteiger partial charge in [-0.2, -0.15) is 0 Å². The van der Waals surface area contributed by atoms with E-state index in [-0.39, 0.29) is 5.75 Å². The monoisotopic (exact) mass is 287 g/mol. The predicted molar refractivity (Wildman–Crippen MR) is 79.7 cm³/mol. The first-order valence-electron chi connectivity index (χ1n) is 5.74. The van der Waals surface area contributed by atoms with Crippen molar-refractivity contribution in [2.45, 2.75) is 0 Å². The maximum atomic E-state index is 9.84. The molecule has 1 N–H and O–H groups in total. The molecule has 0 amide bonds. The summed E-state index contributed by atoms with van der Waals surface area (Å²) in [5.74, 6) is 0.238. The minimum atomic E-state index is 0.238. The molecule has 0 radical (unpaired) electrons. The van der Waals surface area contributed by atoms with Crippen molar-refractivity contribution in [3.63, 3.8) is 0 Å². The van der Waals surface area contributed by atoms with Crippen LogP contribution in [-0.4, -0.2) is 10.1 Å². The number of aromatic nitrogens is 1. The second-order valence-corrected chi connectivity index (χ2v) is 5.30. The molecular weight excluding hydrogens is 278 g/mol. The molecule has 2 nitrogen and oxygen atoms in total. The van der Waals surface area contributed by atoms with Crippen LogP contribution in [-0.2, 0) is 0 Å². The third kappa shape index (κ3) is 2.35. The Balaban J connectivity index is 2.06. The first-order valence-corrected chi connectivity index (χ1v) is 7.00. The maximum Gasteiger partial charge on any atom is 0.127 e. The van der Waals surface area contributed by atoms with Crippen LogP contribution in [0.2, 0.25) is 5.02 Å².